The summed E-state index contributed by atoms with van der Waals surface area (Å²) in [4.78, 5) is 11.1. The Hall–Kier alpha value is -0.0105. The first kappa shape index (κ1) is 13.0. The van der Waals surface area contributed by atoms with Gasteiger partial charge in [-0.1, -0.05) is 0 Å². The number of hydrogen-bond acceptors (Lipinski definition) is 1. The summed E-state index contributed by atoms with van der Waals surface area (Å²) in [7, 11) is 0. The molecule has 0 spiro atoms. The van der Waals surface area contributed by atoms with Crippen molar-refractivity contribution in [2.75, 3.05) is 0 Å². The average Bonchev–Trinajstić information content (AvgIpc) is 2.04. The molecule has 0 bridgehead atoms. The Morgan fingerprint density at radius 2 is 2.08 bits per heavy atom. The molecule has 0 aromatic rings. The van der Waals surface area contributed by atoms with Crippen LogP contribution in [0.5, 0.6) is 0 Å². The van der Waals surface area contributed by atoms with E-state index < -0.39 is 5.97 Å². The van der Waals surface area contributed by atoms with Gasteiger partial charge in [-0.2, -0.15) is 0 Å². The Balaban J connectivity index is 3.49. The monoisotopic (exact) mass is 252 g/mol. The van der Waals surface area contributed by atoms with Gasteiger partial charge in [0.2, 0.25) is 0 Å². The summed E-state index contributed by atoms with van der Waals surface area (Å²) in [5.41, 5.74) is 0. The van der Waals surface area contributed by atoms with Crippen molar-refractivity contribution in [2.45, 2.75) is 56.1 Å². The zero-order valence-corrected chi connectivity index (χ0v) is 10.3. The van der Waals surface area contributed by atoms with Gasteiger partial charge in [0.15, 0.2) is 0 Å². The molecule has 78 valence electrons. The minimum atomic E-state index is -0.653. The maximum absolute atomic E-state index is 10.3. The molecule has 0 rings (SSSR count). The van der Waals surface area contributed by atoms with Crippen LogP contribution in [0.25, 0.3) is 0 Å². The van der Waals surface area contributed by atoms with Crippen molar-refractivity contribution in [1.82, 2.24) is 0 Å². The topological polar surface area (TPSA) is 37.3 Å². The van der Waals surface area contributed by atoms with Gasteiger partial charge in [0.05, 0.1) is 0 Å². The van der Waals surface area contributed by atoms with Crippen molar-refractivity contribution in [3.63, 3.8) is 0 Å². The van der Waals surface area contributed by atoms with E-state index in [9.17, 15) is 4.79 Å². The molecule has 3 heteroatoms. The first-order chi connectivity index (χ1) is 6.20. The first-order valence-corrected chi connectivity index (χ1v) is 7.24. The zero-order chi connectivity index (χ0) is 10.1. The van der Waals surface area contributed by atoms with Crippen LogP contribution in [0.1, 0.15) is 46.0 Å². The van der Waals surface area contributed by atoms with Crippen LogP contribution in [0.2, 0.25) is 10.1 Å². The van der Waals surface area contributed by atoms with E-state index in [4.69, 9.17) is 5.11 Å². The number of hydrogen-bond donors (Lipinski definition) is 1. The summed E-state index contributed by atoms with van der Waals surface area (Å²) < 4.78 is 0. The predicted octanol–water partition coefficient (Wildman–Crippen LogP) is 2.97. The van der Waals surface area contributed by atoms with Crippen LogP contribution in [-0.4, -0.2) is 26.0 Å². The summed E-state index contributed by atoms with van der Waals surface area (Å²) >= 11 is 0.731. The summed E-state index contributed by atoms with van der Waals surface area (Å²) in [6, 6.07) is 0. The van der Waals surface area contributed by atoms with Crippen LogP contribution in [0.4, 0.5) is 0 Å². The molecule has 13 heavy (non-hydrogen) atoms. The normalized spacial score (nSPS) is 12.8. The maximum atomic E-state index is 10.3. The molecular formula is C10H20O2Se. The van der Waals surface area contributed by atoms with Crippen LogP contribution in [0, 0.1) is 0 Å². The van der Waals surface area contributed by atoms with Gasteiger partial charge in [0, 0.05) is 0 Å². The minimum absolute atomic E-state index is 0.347. The number of carbonyl (C=O) groups is 1. The predicted molar refractivity (Wildman–Crippen MR) is 56.4 cm³/mol. The van der Waals surface area contributed by atoms with E-state index in [-0.39, 0.29) is 0 Å². The number of carboxylic acid groups (broad SMARTS) is 1. The molecule has 0 radical (unpaired) electrons. The summed E-state index contributed by atoms with van der Waals surface area (Å²) in [6.07, 6.45) is 4.85. The van der Waals surface area contributed by atoms with E-state index in [0.717, 1.165) is 32.6 Å². The fourth-order valence-corrected chi connectivity index (χ4v) is 3.88. The molecule has 0 aliphatic heterocycles. The van der Waals surface area contributed by atoms with Crippen molar-refractivity contribution in [1.29, 1.82) is 0 Å². The Morgan fingerprint density at radius 3 is 2.54 bits per heavy atom. The van der Waals surface area contributed by atoms with E-state index in [1.165, 1.54) is 18.2 Å². The van der Waals surface area contributed by atoms with Crippen molar-refractivity contribution in [3.05, 3.63) is 0 Å². The molecule has 0 fully saturated rings. The quantitative estimate of drug-likeness (QED) is 0.673. The summed E-state index contributed by atoms with van der Waals surface area (Å²) in [5, 5.41) is 9.77. The van der Waals surface area contributed by atoms with E-state index >= 15 is 0 Å². The fraction of sp³-hybridized carbons (Fsp3) is 0.900. The van der Waals surface area contributed by atoms with Gasteiger partial charge < -0.3 is 0 Å². The molecule has 0 saturated heterocycles. The van der Waals surface area contributed by atoms with E-state index in [1.54, 1.807) is 0 Å². The van der Waals surface area contributed by atoms with Gasteiger partial charge in [0.25, 0.3) is 0 Å². The van der Waals surface area contributed by atoms with Crippen LogP contribution in [0.15, 0.2) is 0 Å². The average molecular weight is 251 g/mol. The Kier molecular flexibility index (Phi) is 8.57. The standard InChI is InChI=1S/C10H20O2Se/c1-3-6-9(13-4-2)7-5-8-10(11)12/h9H,3-8H2,1-2H3,(H,11,12). The molecule has 1 N–H and O–H groups in total. The number of carboxylic acids is 1. The van der Waals surface area contributed by atoms with Crippen LogP contribution in [0.3, 0.4) is 0 Å². The SMILES string of the molecule is CCCC(CCCC(=O)O)[Se]CC. The molecule has 1 unspecified atom stereocenters. The van der Waals surface area contributed by atoms with Gasteiger partial charge in [-0.05, 0) is 0 Å². The molecule has 0 aromatic heterocycles. The number of rotatable bonds is 8. The van der Waals surface area contributed by atoms with E-state index in [0.29, 0.717) is 6.42 Å². The fourth-order valence-electron chi connectivity index (χ4n) is 1.35. The van der Waals surface area contributed by atoms with E-state index in [1.807, 2.05) is 0 Å². The second kappa shape index (κ2) is 8.58. The van der Waals surface area contributed by atoms with Crippen molar-refractivity contribution in [2.24, 2.45) is 0 Å². The Morgan fingerprint density at radius 1 is 1.38 bits per heavy atom. The number of aliphatic carboxylic acids is 1. The van der Waals surface area contributed by atoms with Crippen LogP contribution in [-0.2, 0) is 4.79 Å². The third-order valence-electron chi connectivity index (χ3n) is 1.93. The molecule has 1 atom stereocenters. The van der Waals surface area contributed by atoms with Gasteiger partial charge >= 0.3 is 86.9 Å². The molecule has 2 nitrogen and oxygen atoms in total. The van der Waals surface area contributed by atoms with Crippen molar-refractivity contribution in [3.8, 4) is 0 Å². The third-order valence-corrected chi connectivity index (χ3v) is 4.61. The molecule has 0 saturated carbocycles. The van der Waals surface area contributed by atoms with Crippen LogP contribution >= 0.6 is 0 Å². The van der Waals surface area contributed by atoms with Gasteiger partial charge in [-0.25, -0.2) is 0 Å². The van der Waals surface area contributed by atoms with E-state index in [2.05, 4.69) is 13.8 Å². The molecule has 0 aliphatic carbocycles. The van der Waals surface area contributed by atoms with Crippen molar-refractivity contribution >= 4 is 20.9 Å². The van der Waals surface area contributed by atoms with Crippen LogP contribution < -0.4 is 0 Å². The molecule has 0 heterocycles. The molecular weight excluding hydrogens is 231 g/mol. The Bertz CT molecular complexity index is 131. The summed E-state index contributed by atoms with van der Waals surface area (Å²) in [6.45, 7) is 4.43. The zero-order valence-electron chi connectivity index (χ0n) is 8.58. The Labute approximate surface area is 87.3 Å². The molecule has 0 aliphatic rings. The second-order valence-corrected chi connectivity index (χ2v) is 6.46. The molecule has 0 amide bonds. The summed E-state index contributed by atoms with van der Waals surface area (Å²) in [5.74, 6) is -0.653. The molecule has 0 aromatic carbocycles. The van der Waals surface area contributed by atoms with Gasteiger partial charge in [-0.3, -0.25) is 0 Å². The van der Waals surface area contributed by atoms with Crippen molar-refractivity contribution < 1.29 is 9.90 Å². The van der Waals surface area contributed by atoms with Gasteiger partial charge in [-0.15, -0.1) is 0 Å². The van der Waals surface area contributed by atoms with Gasteiger partial charge in [0.1, 0.15) is 0 Å². The first-order valence-electron chi connectivity index (χ1n) is 5.04. The second-order valence-electron chi connectivity index (χ2n) is 3.15. The third kappa shape index (κ3) is 8.32.